The van der Waals surface area contributed by atoms with Gasteiger partial charge in [-0.3, -0.25) is 0 Å². The van der Waals surface area contributed by atoms with Gasteiger partial charge in [-0.15, -0.1) is 0 Å². The Morgan fingerprint density at radius 3 is 2.19 bits per heavy atom. The first kappa shape index (κ1) is 11.2. The van der Waals surface area contributed by atoms with Crippen LogP contribution < -0.4 is 0 Å². The van der Waals surface area contributed by atoms with Crippen LogP contribution in [0.15, 0.2) is 36.4 Å². The normalized spacial score (nSPS) is 12.0. The van der Waals surface area contributed by atoms with Gasteiger partial charge in [-0.1, -0.05) is 64.1 Å². The van der Waals surface area contributed by atoms with Crippen molar-refractivity contribution in [3.8, 4) is 0 Å². The van der Waals surface area contributed by atoms with Crippen LogP contribution in [0, 0.1) is 0 Å². The molecule has 2 aromatic rings. The topological polar surface area (TPSA) is 0 Å². The molecule has 0 unspecified atom stereocenters. The molecule has 0 aliphatic carbocycles. The van der Waals surface area contributed by atoms with E-state index in [1.165, 1.54) is 21.9 Å². The summed E-state index contributed by atoms with van der Waals surface area (Å²) in [5, 5.41) is 2.71. The molecule has 0 aliphatic heterocycles. The average molecular weight is 212 g/mol. The highest BCUT2D eigenvalue weighted by Gasteiger charge is 2.13. The van der Waals surface area contributed by atoms with E-state index in [4.69, 9.17) is 0 Å². The van der Waals surface area contributed by atoms with E-state index in [-0.39, 0.29) is 5.41 Å². The lowest BCUT2D eigenvalue weighted by atomic mass is 9.86. The SMILES string of the molecule is CCc1ccc2ccc(C(C)(C)C)cc2c1. The molecular weight excluding hydrogens is 192 g/mol. The van der Waals surface area contributed by atoms with Crippen molar-refractivity contribution in [2.45, 2.75) is 39.5 Å². The van der Waals surface area contributed by atoms with Crippen molar-refractivity contribution in [2.75, 3.05) is 0 Å². The molecule has 84 valence electrons. The Bertz CT molecular complexity index is 501. The molecule has 0 bridgehead atoms. The maximum Gasteiger partial charge on any atom is -0.0132 e. The second-order valence-electron chi connectivity index (χ2n) is 5.50. The van der Waals surface area contributed by atoms with E-state index < -0.39 is 0 Å². The highest BCUT2D eigenvalue weighted by atomic mass is 14.2. The van der Waals surface area contributed by atoms with E-state index in [2.05, 4.69) is 64.1 Å². The predicted molar refractivity (Wildman–Crippen MR) is 72.0 cm³/mol. The standard InChI is InChI=1S/C16H20/c1-5-12-6-7-13-8-9-15(16(2,3)4)11-14(13)10-12/h6-11H,5H2,1-4H3. The molecule has 0 radical (unpaired) electrons. The summed E-state index contributed by atoms with van der Waals surface area (Å²) in [7, 11) is 0. The van der Waals surface area contributed by atoms with Crippen LogP contribution in [-0.4, -0.2) is 0 Å². The molecule has 0 amide bonds. The van der Waals surface area contributed by atoms with E-state index in [9.17, 15) is 0 Å². The second kappa shape index (κ2) is 3.93. The van der Waals surface area contributed by atoms with Gasteiger partial charge in [0.2, 0.25) is 0 Å². The molecule has 2 aromatic carbocycles. The summed E-state index contributed by atoms with van der Waals surface area (Å²) in [4.78, 5) is 0. The van der Waals surface area contributed by atoms with Crippen LogP contribution in [0.25, 0.3) is 10.8 Å². The largest absolute Gasteiger partial charge is 0.0613 e. The van der Waals surface area contributed by atoms with Gasteiger partial charge in [0.15, 0.2) is 0 Å². The van der Waals surface area contributed by atoms with Crippen LogP contribution in [0.3, 0.4) is 0 Å². The van der Waals surface area contributed by atoms with Crippen LogP contribution in [0.5, 0.6) is 0 Å². The first-order valence-electron chi connectivity index (χ1n) is 6.04. The lowest BCUT2D eigenvalue weighted by Crippen LogP contribution is -2.10. The molecule has 2 rings (SSSR count). The summed E-state index contributed by atoms with van der Waals surface area (Å²) < 4.78 is 0. The monoisotopic (exact) mass is 212 g/mol. The molecule has 0 atom stereocenters. The van der Waals surface area contributed by atoms with Gasteiger partial charge < -0.3 is 0 Å². The minimum atomic E-state index is 0.233. The van der Waals surface area contributed by atoms with Crippen molar-refractivity contribution in [1.82, 2.24) is 0 Å². The van der Waals surface area contributed by atoms with Gasteiger partial charge in [0.25, 0.3) is 0 Å². The fourth-order valence-electron chi connectivity index (χ4n) is 1.98. The lowest BCUT2D eigenvalue weighted by molar-refractivity contribution is 0.591. The Labute approximate surface area is 98.3 Å². The average Bonchev–Trinajstić information content (AvgIpc) is 2.26. The number of hydrogen-bond donors (Lipinski definition) is 0. The number of fused-ring (bicyclic) bond motifs is 1. The van der Waals surface area contributed by atoms with Crippen LogP contribution >= 0.6 is 0 Å². The zero-order valence-corrected chi connectivity index (χ0v) is 10.7. The first-order chi connectivity index (χ1) is 7.50. The first-order valence-corrected chi connectivity index (χ1v) is 6.04. The molecule has 0 aliphatic rings. The molecule has 0 nitrogen and oxygen atoms in total. The summed E-state index contributed by atoms with van der Waals surface area (Å²) in [6.45, 7) is 8.99. The fraction of sp³-hybridized carbons (Fsp3) is 0.375. The fourth-order valence-corrected chi connectivity index (χ4v) is 1.98. The van der Waals surface area contributed by atoms with Gasteiger partial charge in [0.05, 0.1) is 0 Å². The van der Waals surface area contributed by atoms with Gasteiger partial charge in [0, 0.05) is 0 Å². The Kier molecular flexibility index (Phi) is 2.75. The number of benzene rings is 2. The molecule has 0 saturated heterocycles. The molecule has 0 heterocycles. The third kappa shape index (κ3) is 2.11. The Hall–Kier alpha value is -1.30. The van der Waals surface area contributed by atoms with Crippen molar-refractivity contribution in [3.05, 3.63) is 47.5 Å². The maximum absolute atomic E-state index is 2.33. The minimum absolute atomic E-state index is 0.233. The van der Waals surface area contributed by atoms with Crippen LogP contribution in [0.2, 0.25) is 0 Å². The number of aryl methyl sites for hydroxylation is 1. The molecule has 0 spiro atoms. The van der Waals surface area contributed by atoms with Crippen LogP contribution in [-0.2, 0) is 11.8 Å². The molecule has 0 N–H and O–H groups in total. The van der Waals surface area contributed by atoms with Crippen molar-refractivity contribution in [3.63, 3.8) is 0 Å². The minimum Gasteiger partial charge on any atom is -0.0613 e. The Morgan fingerprint density at radius 1 is 0.875 bits per heavy atom. The quantitative estimate of drug-likeness (QED) is 0.642. The lowest BCUT2D eigenvalue weighted by Gasteiger charge is -2.19. The molecular formula is C16H20. The molecule has 0 heteroatoms. The zero-order chi connectivity index (χ0) is 11.8. The van der Waals surface area contributed by atoms with Gasteiger partial charge in [-0.05, 0) is 33.7 Å². The molecule has 0 aromatic heterocycles. The highest BCUT2D eigenvalue weighted by molar-refractivity contribution is 5.84. The van der Waals surface area contributed by atoms with Crippen molar-refractivity contribution in [1.29, 1.82) is 0 Å². The summed E-state index contributed by atoms with van der Waals surface area (Å²) in [5.41, 5.74) is 3.06. The van der Waals surface area contributed by atoms with Crippen molar-refractivity contribution >= 4 is 10.8 Å². The molecule has 0 fully saturated rings. The highest BCUT2D eigenvalue weighted by Crippen LogP contribution is 2.26. The summed E-state index contributed by atoms with van der Waals surface area (Å²) in [5.74, 6) is 0. The van der Waals surface area contributed by atoms with E-state index in [1.54, 1.807) is 0 Å². The van der Waals surface area contributed by atoms with Gasteiger partial charge in [-0.2, -0.15) is 0 Å². The van der Waals surface area contributed by atoms with Gasteiger partial charge in [-0.25, -0.2) is 0 Å². The Balaban J connectivity index is 2.59. The predicted octanol–water partition coefficient (Wildman–Crippen LogP) is 4.70. The number of hydrogen-bond acceptors (Lipinski definition) is 0. The number of rotatable bonds is 1. The third-order valence-corrected chi connectivity index (χ3v) is 3.18. The smallest absolute Gasteiger partial charge is 0.0132 e. The second-order valence-corrected chi connectivity index (χ2v) is 5.50. The van der Waals surface area contributed by atoms with Crippen LogP contribution in [0.4, 0.5) is 0 Å². The summed E-state index contributed by atoms with van der Waals surface area (Å²) >= 11 is 0. The van der Waals surface area contributed by atoms with Gasteiger partial charge in [0.1, 0.15) is 0 Å². The summed E-state index contributed by atoms with van der Waals surface area (Å²) in [6, 6.07) is 13.6. The Morgan fingerprint density at radius 2 is 1.56 bits per heavy atom. The van der Waals surface area contributed by atoms with Gasteiger partial charge >= 0.3 is 0 Å². The van der Waals surface area contributed by atoms with Crippen LogP contribution in [0.1, 0.15) is 38.8 Å². The van der Waals surface area contributed by atoms with E-state index in [0.29, 0.717) is 0 Å². The van der Waals surface area contributed by atoms with Crippen molar-refractivity contribution in [2.24, 2.45) is 0 Å². The maximum atomic E-state index is 2.33. The third-order valence-electron chi connectivity index (χ3n) is 3.18. The van der Waals surface area contributed by atoms with E-state index in [1.807, 2.05) is 0 Å². The molecule has 0 saturated carbocycles. The van der Waals surface area contributed by atoms with E-state index in [0.717, 1.165) is 6.42 Å². The van der Waals surface area contributed by atoms with Crippen molar-refractivity contribution < 1.29 is 0 Å². The molecule has 16 heavy (non-hydrogen) atoms. The zero-order valence-electron chi connectivity index (χ0n) is 10.7. The summed E-state index contributed by atoms with van der Waals surface area (Å²) in [6.07, 6.45) is 1.11. The van der Waals surface area contributed by atoms with E-state index >= 15 is 0 Å².